The Morgan fingerprint density at radius 2 is 1.78 bits per heavy atom. The van der Waals surface area contributed by atoms with Crippen LogP contribution in [0.1, 0.15) is 15.9 Å². The molecule has 6 nitrogen and oxygen atoms in total. The van der Waals surface area contributed by atoms with Gasteiger partial charge in [0.05, 0.1) is 22.5 Å². The van der Waals surface area contributed by atoms with Crippen molar-refractivity contribution in [1.29, 1.82) is 0 Å². The molecule has 32 heavy (non-hydrogen) atoms. The molecule has 0 atom stereocenters. The number of carbonyl (C=O) groups excluding carboxylic acids is 2. The van der Waals surface area contributed by atoms with Crippen molar-refractivity contribution < 1.29 is 9.59 Å². The predicted molar refractivity (Wildman–Crippen MR) is 128 cm³/mol. The number of benzene rings is 2. The number of thioether (sulfide) groups is 1. The van der Waals surface area contributed by atoms with Crippen LogP contribution in [-0.4, -0.2) is 27.5 Å². The topological polar surface area (TPSA) is 84.0 Å². The van der Waals surface area contributed by atoms with Gasteiger partial charge < -0.3 is 0 Å². The van der Waals surface area contributed by atoms with Gasteiger partial charge in [-0.05, 0) is 35.9 Å². The fourth-order valence-corrected chi connectivity index (χ4v) is 4.00. The van der Waals surface area contributed by atoms with Gasteiger partial charge in [0, 0.05) is 34.1 Å². The van der Waals surface area contributed by atoms with E-state index in [1.54, 1.807) is 30.6 Å². The Hall–Kier alpha value is -3.42. The molecule has 0 spiro atoms. The molecule has 160 valence electrons. The number of fused-ring (bicyclic) bond motifs is 1. The predicted octanol–water partition coefficient (Wildman–Crippen LogP) is 4.64. The Bertz CT molecular complexity index is 1250. The average molecular weight is 463 g/mol. The van der Waals surface area contributed by atoms with E-state index in [-0.39, 0.29) is 11.7 Å². The molecule has 0 unspecified atom stereocenters. The number of hydrogen-bond acceptors (Lipinski definition) is 5. The highest BCUT2D eigenvalue weighted by Gasteiger charge is 2.15. The molecule has 0 radical (unpaired) electrons. The Labute approximate surface area is 194 Å². The number of para-hydroxylation sites is 1. The monoisotopic (exact) mass is 462 g/mol. The van der Waals surface area contributed by atoms with Crippen molar-refractivity contribution in [3.8, 4) is 11.3 Å². The number of hydrazine groups is 1. The second-order valence-corrected chi connectivity index (χ2v) is 8.36. The molecule has 2 aromatic heterocycles. The molecule has 0 fully saturated rings. The lowest BCUT2D eigenvalue weighted by molar-refractivity contribution is -0.119. The number of aromatic nitrogens is 2. The molecule has 2 amide bonds. The molecule has 8 heteroatoms. The molecule has 2 aromatic carbocycles. The Balaban J connectivity index is 1.45. The van der Waals surface area contributed by atoms with E-state index >= 15 is 0 Å². The number of nitrogens with one attached hydrogen (secondary N) is 2. The van der Waals surface area contributed by atoms with Crippen molar-refractivity contribution in [3.63, 3.8) is 0 Å². The van der Waals surface area contributed by atoms with Crippen LogP contribution in [0, 0.1) is 0 Å². The van der Waals surface area contributed by atoms with E-state index < -0.39 is 5.91 Å². The van der Waals surface area contributed by atoms with Crippen LogP contribution in [0.5, 0.6) is 0 Å². The summed E-state index contributed by atoms with van der Waals surface area (Å²) in [5.41, 5.74) is 8.62. The molecule has 4 rings (SSSR count). The van der Waals surface area contributed by atoms with Gasteiger partial charge in [0.15, 0.2) is 0 Å². The van der Waals surface area contributed by atoms with E-state index in [1.165, 1.54) is 11.8 Å². The summed E-state index contributed by atoms with van der Waals surface area (Å²) < 4.78 is 0. The summed E-state index contributed by atoms with van der Waals surface area (Å²) in [6.07, 6.45) is 3.47. The first-order chi connectivity index (χ1) is 15.6. The third-order valence-electron chi connectivity index (χ3n) is 4.64. The van der Waals surface area contributed by atoms with Gasteiger partial charge in [0.25, 0.3) is 5.91 Å². The van der Waals surface area contributed by atoms with Gasteiger partial charge in [0.1, 0.15) is 0 Å². The number of pyridine rings is 2. The van der Waals surface area contributed by atoms with E-state index in [0.717, 1.165) is 11.1 Å². The van der Waals surface area contributed by atoms with Crippen LogP contribution >= 0.6 is 23.4 Å². The number of hydrogen-bond donors (Lipinski definition) is 2. The number of amides is 2. The first-order valence-electron chi connectivity index (χ1n) is 9.82. The van der Waals surface area contributed by atoms with Crippen LogP contribution in [0.4, 0.5) is 0 Å². The SMILES string of the molecule is O=C(CSCc1cccnc1)NNC(=O)c1cc(-c2ccc(Cl)cc2)nc2ccccc12. The summed E-state index contributed by atoms with van der Waals surface area (Å²) in [6, 6.07) is 20.1. The zero-order chi connectivity index (χ0) is 22.3. The van der Waals surface area contributed by atoms with Crippen molar-refractivity contribution in [1.82, 2.24) is 20.8 Å². The third-order valence-corrected chi connectivity index (χ3v) is 5.90. The van der Waals surface area contributed by atoms with E-state index in [0.29, 0.717) is 32.9 Å². The first-order valence-corrected chi connectivity index (χ1v) is 11.3. The standard InChI is InChI=1S/C24H19ClN4O2S/c25-18-9-7-17(8-10-18)22-12-20(19-5-1-2-6-21(19)27-22)24(31)29-28-23(30)15-32-14-16-4-3-11-26-13-16/h1-13H,14-15H2,(H,28,30)(H,29,31). The lowest BCUT2D eigenvalue weighted by atomic mass is 10.0. The van der Waals surface area contributed by atoms with Gasteiger partial charge in [-0.3, -0.25) is 25.4 Å². The van der Waals surface area contributed by atoms with Crippen LogP contribution in [0.2, 0.25) is 5.02 Å². The zero-order valence-electron chi connectivity index (χ0n) is 16.9. The normalized spacial score (nSPS) is 10.7. The average Bonchev–Trinajstić information content (AvgIpc) is 2.83. The summed E-state index contributed by atoms with van der Waals surface area (Å²) in [5, 5.41) is 1.32. The van der Waals surface area contributed by atoms with E-state index in [9.17, 15) is 9.59 Å². The summed E-state index contributed by atoms with van der Waals surface area (Å²) in [6.45, 7) is 0. The Kier molecular flexibility index (Phi) is 6.99. The third kappa shape index (κ3) is 5.43. The van der Waals surface area contributed by atoms with Crippen molar-refractivity contribution in [2.45, 2.75) is 5.75 Å². The summed E-state index contributed by atoms with van der Waals surface area (Å²) in [4.78, 5) is 33.8. The number of nitrogens with zero attached hydrogens (tertiary/aromatic N) is 2. The van der Waals surface area contributed by atoms with Crippen LogP contribution in [0.25, 0.3) is 22.2 Å². The summed E-state index contributed by atoms with van der Waals surface area (Å²) in [7, 11) is 0. The lowest BCUT2D eigenvalue weighted by Gasteiger charge is -2.11. The largest absolute Gasteiger partial charge is 0.272 e. The smallest absolute Gasteiger partial charge is 0.270 e. The highest BCUT2D eigenvalue weighted by molar-refractivity contribution is 7.99. The minimum atomic E-state index is -0.413. The maximum atomic E-state index is 12.9. The van der Waals surface area contributed by atoms with Crippen LogP contribution in [-0.2, 0) is 10.5 Å². The molecule has 2 N–H and O–H groups in total. The highest BCUT2D eigenvalue weighted by atomic mass is 35.5. The Morgan fingerprint density at radius 1 is 0.969 bits per heavy atom. The molecular formula is C24H19ClN4O2S. The second-order valence-electron chi connectivity index (χ2n) is 6.94. The second kappa shape index (κ2) is 10.3. The van der Waals surface area contributed by atoms with E-state index in [2.05, 4.69) is 20.8 Å². The number of rotatable bonds is 6. The number of halogens is 1. The molecule has 0 aliphatic carbocycles. The molecule has 0 saturated carbocycles. The number of carbonyl (C=O) groups is 2. The fourth-order valence-electron chi connectivity index (χ4n) is 3.11. The molecular weight excluding hydrogens is 444 g/mol. The van der Waals surface area contributed by atoms with E-state index in [4.69, 9.17) is 11.6 Å². The van der Waals surface area contributed by atoms with Gasteiger partial charge in [-0.25, -0.2) is 4.98 Å². The van der Waals surface area contributed by atoms with Gasteiger partial charge >= 0.3 is 0 Å². The molecule has 0 aliphatic rings. The van der Waals surface area contributed by atoms with Crippen LogP contribution in [0.15, 0.2) is 79.1 Å². The summed E-state index contributed by atoms with van der Waals surface area (Å²) in [5.74, 6) is 0.171. The van der Waals surface area contributed by atoms with Gasteiger partial charge in [-0.2, -0.15) is 0 Å². The van der Waals surface area contributed by atoms with E-state index in [1.807, 2.05) is 48.5 Å². The zero-order valence-corrected chi connectivity index (χ0v) is 18.5. The van der Waals surface area contributed by atoms with Gasteiger partial charge in [0.2, 0.25) is 5.91 Å². The van der Waals surface area contributed by atoms with Crippen LogP contribution < -0.4 is 10.9 Å². The summed E-state index contributed by atoms with van der Waals surface area (Å²) >= 11 is 7.43. The molecule has 4 aromatic rings. The fraction of sp³-hybridized carbons (Fsp3) is 0.0833. The lowest BCUT2D eigenvalue weighted by Crippen LogP contribution is -2.42. The van der Waals surface area contributed by atoms with Crippen molar-refractivity contribution in [2.75, 3.05) is 5.75 Å². The highest BCUT2D eigenvalue weighted by Crippen LogP contribution is 2.26. The molecule has 0 saturated heterocycles. The van der Waals surface area contributed by atoms with Gasteiger partial charge in [-0.1, -0.05) is 48.0 Å². The van der Waals surface area contributed by atoms with Crippen molar-refractivity contribution in [2.24, 2.45) is 0 Å². The quantitative estimate of drug-likeness (QED) is 0.408. The maximum absolute atomic E-state index is 12.9. The maximum Gasteiger partial charge on any atom is 0.270 e. The van der Waals surface area contributed by atoms with Crippen molar-refractivity contribution >= 4 is 46.1 Å². The Morgan fingerprint density at radius 3 is 2.56 bits per heavy atom. The van der Waals surface area contributed by atoms with Gasteiger partial charge in [-0.15, -0.1) is 11.8 Å². The molecule has 2 heterocycles. The minimum Gasteiger partial charge on any atom is -0.272 e. The molecule has 0 bridgehead atoms. The van der Waals surface area contributed by atoms with Crippen LogP contribution in [0.3, 0.4) is 0 Å². The minimum absolute atomic E-state index is 0.211. The van der Waals surface area contributed by atoms with Crippen molar-refractivity contribution in [3.05, 3.63) is 95.3 Å². The molecule has 0 aliphatic heterocycles. The first kappa shape index (κ1) is 21.8.